The molecule has 0 aliphatic rings. The van der Waals surface area contributed by atoms with E-state index in [1.54, 1.807) is 14.2 Å². The summed E-state index contributed by atoms with van der Waals surface area (Å²) in [5, 5.41) is 19.7. The van der Waals surface area contributed by atoms with E-state index in [4.69, 9.17) is 9.47 Å². The van der Waals surface area contributed by atoms with Crippen LogP contribution in [0.15, 0.2) is 6.07 Å². The lowest BCUT2D eigenvalue weighted by molar-refractivity contribution is 0.171. The van der Waals surface area contributed by atoms with E-state index in [9.17, 15) is 10.2 Å². The van der Waals surface area contributed by atoms with Crippen molar-refractivity contribution in [3.63, 3.8) is 0 Å². The van der Waals surface area contributed by atoms with E-state index in [1.165, 1.54) is 0 Å². The van der Waals surface area contributed by atoms with Crippen LogP contribution in [0.2, 0.25) is 0 Å². The Labute approximate surface area is 108 Å². The number of rotatable bonds is 6. The molecule has 4 nitrogen and oxygen atoms in total. The van der Waals surface area contributed by atoms with E-state index in [0.29, 0.717) is 12.2 Å². The van der Waals surface area contributed by atoms with Crippen molar-refractivity contribution >= 4 is 0 Å². The summed E-state index contributed by atoms with van der Waals surface area (Å²) in [6, 6.07) is 1.90. The second-order valence-corrected chi connectivity index (χ2v) is 4.61. The van der Waals surface area contributed by atoms with E-state index >= 15 is 0 Å². The zero-order valence-corrected chi connectivity index (χ0v) is 11.5. The summed E-state index contributed by atoms with van der Waals surface area (Å²) in [6.45, 7) is 4.62. The number of hydrogen-bond acceptors (Lipinski definition) is 4. The summed E-state index contributed by atoms with van der Waals surface area (Å²) < 4.78 is 10.2. The first-order chi connectivity index (χ1) is 8.56. The molecule has 1 aromatic carbocycles. The highest BCUT2D eigenvalue weighted by atomic mass is 16.5. The number of benzene rings is 1. The molecular weight excluding hydrogens is 232 g/mol. The van der Waals surface area contributed by atoms with Gasteiger partial charge >= 0.3 is 0 Å². The van der Waals surface area contributed by atoms with Gasteiger partial charge in [0.15, 0.2) is 0 Å². The smallest absolute Gasteiger partial charge is 0.126 e. The van der Waals surface area contributed by atoms with Crippen LogP contribution >= 0.6 is 0 Å². The third-order valence-corrected chi connectivity index (χ3v) is 3.00. The van der Waals surface area contributed by atoms with Gasteiger partial charge in [-0.05, 0) is 23.1 Å². The van der Waals surface area contributed by atoms with Crippen LogP contribution in [0.4, 0.5) is 0 Å². The van der Waals surface area contributed by atoms with Crippen LogP contribution < -0.4 is 0 Å². The highest BCUT2D eigenvalue weighted by molar-refractivity contribution is 5.50. The van der Waals surface area contributed by atoms with E-state index in [1.807, 2.05) is 6.07 Å². The molecule has 0 atom stereocenters. The lowest BCUT2D eigenvalue weighted by Crippen LogP contribution is -2.06. The van der Waals surface area contributed by atoms with Crippen LogP contribution in [0.5, 0.6) is 5.75 Å². The topological polar surface area (TPSA) is 58.9 Å². The SMILES string of the molecule is COCc1cc(C(C)C)c(CO)c(COC)c1O. The third kappa shape index (κ3) is 3.02. The maximum atomic E-state index is 10.2. The number of aliphatic hydroxyl groups excluding tert-OH is 1. The summed E-state index contributed by atoms with van der Waals surface area (Å²) in [5.74, 6) is 0.422. The van der Waals surface area contributed by atoms with Gasteiger partial charge in [-0.25, -0.2) is 0 Å². The van der Waals surface area contributed by atoms with E-state index in [0.717, 1.165) is 16.7 Å². The van der Waals surface area contributed by atoms with Crippen LogP contribution in [0.1, 0.15) is 42.0 Å². The van der Waals surface area contributed by atoms with Crippen LogP contribution in [-0.2, 0) is 29.3 Å². The van der Waals surface area contributed by atoms with Crippen LogP contribution in [0.25, 0.3) is 0 Å². The van der Waals surface area contributed by atoms with Crippen molar-refractivity contribution in [2.75, 3.05) is 14.2 Å². The lowest BCUT2D eigenvalue weighted by Gasteiger charge is -2.19. The first-order valence-electron chi connectivity index (χ1n) is 6.02. The van der Waals surface area contributed by atoms with Crippen LogP contribution in [-0.4, -0.2) is 24.4 Å². The van der Waals surface area contributed by atoms with Gasteiger partial charge in [0.2, 0.25) is 0 Å². The first kappa shape index (κ1) is 15.0. The zero-order valence-electron chi connectivity index (χ0n) is 11.5. The largest absolute Gasteiger partial charge is 0.507 e. The van der Waals surface area contributed by atoms with E-state index in [-0.39, 0.29) is 24.9 Å². The van der Waals surface area contributed by atoms with Crippen molar-refractivity contribution in [3.8, 4) is 5.75 Å². The van der Waals surface area contributed by atoms with Crippen molar-refractivity contribution in [3.05, 3.63) is 28.3 Å². The summed E-state index contributed by atoms with van der Waals surface area (Å²) in [5.41, 5.74) is 3.15. The van der Waals surface area contributed by atoms with Gasteiger partial charge in [0, 0.05) is 25.3 Å². The Bertz CT molecular complexity index is 399. The summed E-state index contributed by atoms with van der Waals surface area (Å²) in [4.78, 5) is 0. The van der Waals surface area contributed by atoms with Crippen molar-refractivity contribution in [1.29, 1.82) is 0 Å². The summed E-state index contributed by atoms with van der Waals surface area (Å²) >= 11 is 0. The molecule has 0 aromatic heterocycles. The number of hydrogen-bond donors (Lipinski definition) is 2. The Morgan fingerprint density at radius 3 is 2.17 bits per heavy atom. The second kappa shape index (κ2) is 6.73. The standard InChI is InChI=1S/C14H22O4/c1-9(2)11-5-10(7-17-3)14(16)13(8-18-4)12(11)6-15/h5,9,15-16H,6-8H2,1-4H3. The number of aromatic hydroxyl groups is 1. The molecule has 18 heavy (non-hydrogen) atoms. The monoisotopic (exact) mass is 254 g/mol. The van der Waals surface area contributed by atoms with Gasteiger partial charge in [0.05, 0.1) is 19.8 Å². The average molecular weight is 254 g/mol. The van der Waals surface area contributed by atoms with Crippen LogP contribution in [0.3, 0.4) is 0 Å². The Kier molecular flexibility index (Phi) is 5.59. The molecule has 0 radical (unpaired) electrons. The van der Waals surface area contributed by atoms with Gasteiger partial charge < -0.3 is 19.7 Å². The molecule has 0 saturated carbocycles. The molecule has 0 spiro atoms. The fraction of sp³-hybridized carbons (Fsp3) is 0.571. The maximum Gasteiger partial charge on any atom is 0.126 e. The van der Waals surface area contributed by atoms with E-state index < -0.39 is 0 Å². The Morgan fingerprint density at radius 2 is 1.72 bits per heavy atom. The van der Waals surface area contributed by atoms with Gasteiger partial charge in [-0.1, -0.05) is 13.8 Å². The zero-order chi connectivity index (χ0) is 13.7. The Morgan fingerprint density at radius 1 is 1.11 bits per heavy atom. The molecule has 2 N–H and O–H groups in total. The molecule has 0 aliphatic carbocycles. The summed E-state index contributed by atoms with van der Waals surface area (Å²) in [7, 11) is 3.16. The molecule has 0 saturated heterocycles. The predicted molar refractivity (Wildman–Crippen MR) is 69.5 cm³/mol. The minimum absolute atomic E-state index is 0.104. The fourth-order valence-electron chi connectivity index (χ4n) is 2.12. The minimum atomic E-state index is -0.104. The number of phenolic OH excluding ortho intramolecular Hbond substituents is 1. The van der Waals surface area contributed by atoms with Gasteiger partial charge in [-0.15, -0.1) is 0 Å². The minimum Gasteiger partial charge on any atom is -0.507 e. The Hall–Kier alpha value is -1.10. The molecule has 0 bridgehead atoms. The van der Waals surface area contributed by atoms with E-state index in [2.05, 4.69) is 13.8 Å². The first-order valence-corrected chi connectivity index (χ1v) is 6.02. The van der Waals surface area contributed by atoms with Crippen molar-refractivity contribution in [2.24, 2.45) is 0 Å². The third-order valence-electron chi connectivity index (χ3n) is 3.00. The molecule has 0 amide bonds. The van der Waals surface area contributed by atoms with Gasteiger partial charge in [0.25, 0.3) is 0 Å². The molecule has 0 unspecified atom stereocenters. The normalized spacial score (nSPS) is 11.2. The number of methoxy groups -OCH3 is 2. The van der Waals surface area contributed by atoms with Crippen LogP contribution in [0, 0.1) is 0 Å². The second-order valence-electron chi connectivity index (χ2n) is 4.61. The highest BCUT2D eigenvalue weighted by Crippen LogP contribution is 2.34. The lowest BCUT2D eigenvalue weighted by atomic mass is 9.90. The maximum absolute atomic E-state index is 10.2. The quantitative estimate of drug-likeness (QED) is 0.817. The molecule has 102 valence electrons. The molecule has 1 aromatic rings. The predicted octanol–water partition coefficient (Wildman–Crippen LogP) is 2.30. The summed E-state index contributed by atoms with van der Waals surface area (Å²) in [6.07, 6.45) is 0. The van der Waals surface area contributed by atoms with Crippen molar-refractivity contribution in [1.82, 2.24) is 0 Å². The number of aliphatic hydroxyl groups is 1. The molecule has 0 fully saturated rings. The number of phenols is 1. The molecule has 1 rings (SSSR count). The fourth-order valence-corrected chi connectivity index (χ4v) is 2.12. The molecule has 0 heterocycles. The van der Waals surface area contributed by atoms with Crippen molar-refractivity contribution in [2.45, 2.75) is 39.6 Å². The van der Waals surface area contributed by atoms with Gasteiger partial charge in [0.1, 0.15) is 5.75 Å². The highest BCUT2D eigenvalue weighted by Gasteiger charge is 2.18. The van der Waals surface area contributed by atoms with Crippen molar-refractivity contribution < 1.29 is 19.7 Å². The Balaban J connectivity index is 3.42. The average Bonchev–Trinajstić information content (AvgIpc) is 2.34. The molecule has 4 heteroatoms. The number of ether oxygens (including phenoxy) is 2. The molecule has 0 aliphatic heterocycles. The van der Waals surface area contributed by atoms with Gasteiger partial charge in [-0.2, -0.15) is 0 Å². The molecular formula is C14H22O4. The van der Waals surface area contributed by atoms with Gasteiger partial charge in [-0.3, -0.25) is 0 Å².